The highest BCUT2D eigenvalue weighted by molar-refractivity contribution is 5.67. The van der Waals surface area contributed by atoms with Crippen molar-refractivity contribution in [2.45, 2.75) is 13.2 Å². The second-order valence-corrected chi connectivity index (χ2v) is 5.65. The Hall–Kier alpha value is -3.40. The van der Waals surface area contributed by atoms with Crippen LogP contribution in [0.1, 0.15) is 22.3 Å². The monoisotopic (exact) mass is 324 g/mol. The van der Waals surface area contributed by atoms with Gasteiger partial charge in [-0.05, 0) is 46.5 Å². The third-order valence-electron chi connectivity index (χ3n) is 3.95. The summed E-state index contributed by atoms with van der Waals surface area (Å²) in [7, 11) is 0. The maximum atomic E-state index is 8.92. The van der Waals surface area contributed by atoms with Gasteiger partial charge < -0.3 is 4.74 Å². The molecule has 3 heteroatoms. The molecule has 0 heterocycles. The van der Waals surface area contributed by atoms with E-state index in [4.69, 9.17) is 15.3 Å². The number of rotatable bonds is 5. The minimum absolute atomic E-state index is 0.493. The lowest BCUT2D eigenvalue weighted by Crippen LogP contribution is -1.96. The summed E-state index contributed by atoms with van der Waals surface area (Å²) in [4.78, 5) is 0. The van der Waals surface area contributed by atoms with Crippen LogP contribution in [-0.2, 0) is 18.0 Å². The average molecular weight is 324 g/mol. The minimum Gasteiger partial charge on any atom is -0.372 e. The van der Waals surface area contributed by atoms with Gasteiger partial charge in [0.25, 0.3) is 0 Å². The molecule has 0 aromatic heterocycles. The van der Waals surface area contributed by atoms with Crippen molar-refractivity contribution in [2.24, 2.45) is 0 Å². The summed E-state index contributed by atoms with van der Waals surface area (Å²) in [5, 5.41) is 17.7. The first-order chi connectivity index (χ1) is 12.3. The number of benzene rings is 3. The Balaban J connectivity index is 1.70. The fourth-order valence-electron chi connectivity index (χ4n) is 2.61. The predicted octanol–water partition coefficient (Wildman–Crippen LogP) is 4.81. The van der Waals surface area contributed by atoms with E-state index in [1.165, 1.54) is 0 Å². The molecule has 0 bridgehead atoms. The van der Waals surface area contributed by atoms with Crippen LogP contribution in [0.4, 0.5) is 0 Å². The van der Waals surface area contributed by atoms with Gasteiger partial charge in [-0.15, -0.1) is 0 Å². The van der Waals surface area contributed by atoms with Crippen molar-refractivity contribution in [3.63, 3.8) is 0 Å². The SMILES string of the molecule is N#Cc1ccc(COCc2ccccc2-c2ccc(C#N)cc2)cc1. The number of nitriles is 2. The van der Waals surface area contributed by atoms with E-state index in [-0.39, 0.29) is 0 Å². The third-order valence-corrected chi connectivity index (χ3v) is 3.95. The zero-order valence-corrected chi connectivity index (χ0v) is 13.6. The first-order valence-electron chi connectivity index (χ1n) is 7.95. The van der Waals surface area contributed by atoms with Crippen LogP contribution in [0.15, 0.2) is 72.8 Å². The largest absolute Gasteiger partial charge is 0.372 e. The summed E-state index contributed by atoms with van der Waals surface area (Å²) in [5.74, 6) is 0. The van der Waals surface area contributed by atoms with Gasteiger partial charge in [-0.3, -0.25) is 0 Å². The lowest BCUT2D eigenvalue weighted by molar-refractivity contribution is 0.107. The van der Waals surface area contributed by atoms with E-state index in [0.717, 1.165) is 22.3 Å². The van der Waals surface area contributed by atoms with Crippen LogP contribution in [-0.4, -0.2) is 0 Å². The molecule has 0 atom stereocenters. The molecule has 25 heavy (non-hydrogen) atoms. The molecule has 3 rings (SSSR count). The van der Waals surface area contributed by atoms with Crippen LogP contribution in [0.3, 0.4) is 0 Å². The van der Waals surface area contributed by atoms with Crippen molar-refractivity contribution >= 4 is 0 Å². The molecule has 0 aliphatic heterocycles. The highest BCUT2D eigenvalue weighted by atomic mass is 16.5. The van der Waals surface area contributed by atoms with Crippen LogP contribution < -0.4 is 0 Å². The molecule has 0 radical (unpaired) electrons. The lowest BCUT2D eigenvalue weighted by Gasteiger charge is -2.11. The van der Waals surface area contributed by atoms with E-state index in [0.29, 0.717) is 24.3 Å². The van der Waals surface area contributed by atoms with Crippen molar-refractivity contribution in [1.82, 2.24) is 0 Å². The zero-order valence-electron chi connectivity index (χ0n) is 13.6. The molecule has 0 aliphatic rings. The van der Waals surface area contributed by atoms with E-state index in [1.807, 2.05) is 54.6 Å². The van der Waals surface area contributed by atoms with Crippen molar-refractivity contribution in [2.75, 3.05) is 0 Å². The first-order valence-corrected chi connectivity index (χ1v) is 7.95. The van der Waals surface area contributed by atoms with Gasteiger partial charge in [0, 0.05) is 0 Å². The summed E-state index contributed by atoms with van der Waals surface area (Å²) < 4.78 is 5.85. The maximum Gasteiger partial charge on any atom is 0.0991 e. The molecule has 3 aromatic rings. The zero-order chi connectivity index (χ0) is 17.5. The van der Waals surface area contributed by atoms with Crippen molar-refractivity contribution < 1.29 is 4.74 Å². The molecule has 120 valence electrons. The second-order valence-electron chi connectivity index (χ2n) is 5.65. The van der Waals surface area contributed by atoms with Gasteiger partial charge in [0.05, 0.1) is 36.5 Å². The average Bonchev–Trinajstić information content (AvgIpc) is 2.69. The number of nitrogens with zero attached hydrogens (tertiary/aromatic N) is 2. The lowest BCUT2D eigenvalue weighted by atomic mass is 9.99. The maximum absolute atomic E-state index is 8.92. The highest BCUT2D eigenvalue weighted by Gasteiger charge is 2.05. The van der Waals surface area contributed by atoms with Gasteiger partial charge in [0.2, 0.25) is 0 Å². The Labute approximate surface area is 147 Å². The van der Waals surface area contributed by atoms with Crippen molar-refractivity contribution in [3.8, 4) is 23.3 Å². The first kappa shape index (κ1) is 16.5. The molecule has 3 nitrogen and oxygen atoms in total. The Bertz CT molecular complexity index is 930. The van der Waals surface area contributed by atoms with E-state index >= 15 is 0 Å². The number of hydrogen-bond donors (Lipinski definition) is 0. The Kier molecular flexibility index (Phi) is 5.22. The molecule has 0 amide bonds. The topological polar surface area (TPSA) is 56.8 Å². The molecule has 0 aliphatic carbocycles. The van der Waals surface area contributed by atoms with Crippen molar-refractivity contribution in [3.05, 3.63) is 95.1 Å². The van der Waals surface area contributed by atoms with Gasteiger partial charge in [0.1, 0.15) is 0 Å². The molecular weight excluding hydrogens is 308 g/mol. The van der Waals surface area contributed by atoms with Crippen LogP contribution in [0.5, 0.6) is 0 Å². The molecule has 0 saturated carbocycles. The van der Waals surface area contributed by atoms with E-state index in [1.54, 1.807) is 12.1 Å². The van der Waals surface area contributed by atoms with Gasteiger partial charge in [0.15, 0.2) is 0 Å². The van der Waals surface area contributed by atoms with Gasteiger partial charge in [-0.2, -0.15) is 10.5 Å². The highest BCUT2D eigenvalue weighted by Crippen LogP contribution is 2.25. The summed E-state index contributed by atoms with van der Waals surface area (Å²) >= 11 is 0. The van der Waals surface area contributed by atoms with Crippen molar-refractivity contribution in [1.29, 1.82) is 10.5 Å². The summed E-state index contributed by atoms with van der Waals surface area (Å²) in [6, 6.07) is 27.3. The normalized spacial score (nSPS) is 10.0. The van der Waals surface area contributed by atoms with Crippen LogP contribution in [0.25, 0.3) is 11.1 Å². The molecule has 0 spiro atoms. The van der Waals surface area contributed by atoms with Gasteiger partial charge in [-0.25, -0.2) is 0 Å². The fourth-order valence-corrected chi connectivity index (χ4v) is 2.61. The smallest absolute Gasteiger partial charge is 0.0991 e. The molecule has 0 unspecified atom stereocenters. The van der Waals surface area contributed by atoms with Crippen LogP contribution in [0, 0.1) is 22.7 Å². The van der Waals surface area contributed by atoms with Gasteiger partial charge in [-0.1, -0.05) is 48.5 Å². The minimum atomic E-state index is 0.493. The van der Waals surface area contributed by atoms with E-state index in [9.17, 15) is 0 Å². The Morgan fingerprint density at radius 2 is 1.28 bits per heavy atom. The molecule has 0 saturated heterocycles. The summed E-state index contributed by atoms with van der Waals surface area (Å²) in [5.41, 5.74) is 5.60. The molecule has 3 aromatic carbocycles. The summed E-state index contributed by atoms with van der Waals surface area (Å²) in [6.07, 6.45) is 0. The fraction of sp³-hybridized carbons (Fsp3) is 0.0909. The predicted molar refractivity (Wildman–Crippen MR) is 96.2 cm³/mol. The molecule has 0 fully saturated rings. The standard InChI is InChI=1S/C22H16N2O/c23-13-17-5-7-19(8-6-17)15-25-16-21-3-1-2-4-22(21)20-11-9-18(14-24)10-12-20/h1-12H,15-16H2. The molecular formula is C22H16N2O. The van der Waals surface area contributed by atoms with E-state index < -0.39 is 0 Å². The third kappa shape index (κ3) is 4.12. The Morgan fingerprint density at radius 1 is 0.680 bits per heavy atom. The van der Waals surface area contributed by atoms with Crippen LogP contribution in [0.2, 0.25) is 0 Å². The van der Waals surface area contributed by atoms with E-state index in [2.05, 4.69) is 18.2 Å². The second kappa shape index (κ2) is 7.93. The summed E-state index contributed by atoms with van der Waals surface area (Å²) in [6.45, 7) is 0.990. The molecule has 0 N–H and O–H groups in total. The quantitative estimate of drug-likeness (QED) is 0.676. The number of hydrogen-bond acceptors (Lipinski definition) is 3. The van der Waals surface area contributed by atoms with Crippen LogP contribution >= 0.6 is 0 Å². The van der Waals surface area contributed by atoms with Gasteiger partial charge >= 0.3 is 0 Å². The number of ether oxygens (including phenoxy) is 1. The Morgan fingerprint density at radius 3 is 1.92 bits per heavy atom.